The Kier molecular flexibility index (Phi) is 10.2. The van der Waals surface area contributed by atoms with Crippen molar-refractivity contribution >= 4 is 10.8 Å². The molecule has 0 aromatic heterocycles. The molecule has 0 aliphatic carbocycles. The summed E-state index contributed by atoms with van der Waals surface area (Å²) in [4.78, 5) is 6.35. The summed E-state index contributed by atoms with van der Waals surface area (Å²) in [5.74, 6) is 0.0504. The molecule has 1 aliphatic heterocycles. The van der Waals surface area contributed by atoms with Gasteiger partial charge in [0.15, 0.2) is 0 Å². The number of hydrogen-bond acceptors (Lipinski definition) is 5. The minimum Gasteiger partial charge on any atom is -0.376 e. The maximum atomic E-state index is 6.76. The Bertz CT molecular complexity index is 1530. The molecule has 5 heteroatoms. The number of ether oxygens (including phenoxy) is 3. The Morgan fingerprint density at radius 1 is 0.512 bits per heavy atom. The quantitative estimate of drug-likeness (QED) is 0.145. The SMILES string of the molecule is c1ccc(COC[C@H]2CN(OCc3ccccc3)C[C@@H](OCc3ccccc3)[C@@H]2OCc2ccc3ccccc3c2)cc1. The second-order valence-electron chi connectivity index (χ2n) is 11.2. The molecule has 1 aliphatic rings. The molecule has 0 spiro atoms. The van der Waals surface area contributed by atoms with Gasteiger partial charge in [0.05, 0.1) is 51.8 Å². The van der Waals surface area contributed by atoms with Crippen LogP contribution in [-0.2, 0) is 45.5 Å². The van der Waals surface area contributed by atoms with Gasteiger partial charge in [0, 0.05) is 12.5 Å². The molecule has 3 atom stereocenters. The summed E-state index contributed by atoms with van der Waals surface area (Å²) in [6, 6.07) is 45.8. The van der Waals surface area contributed by atoms with Gasteiger partial charge in [-0.05, 0) is 39.1 Å². The van der Waals surface area contributed by atoms with Gasteiger partial charge in [-0.3, -0.25) is 4.84 Å². The zero-order valence-electron chi connectivity index (χ0n) is 24.5. The number of fused-ring (bicyclic) bond motifs is 1. The average molecular weight is 574 g/mol. The van der Waals surface area contributed by atoms with E-state index in [0.717, 1.165) is 22.3 Å². The molecule has 6 rings (SSSR count). The minimum atomic E-state index is -0.199. The minimum absolute atomic E-state index is 0.0504. The van der Waals surface area contributed by atoms with Crippen LogP contribution in [0.3, 0.4) is 0 Å². The number of piperidine rings is 1. The highest BCUT2D eigenvalue weighted by Gasteiger charge is 2.39. The first-order valence-corrected chi connectivity index (χ1v) is 15.1. The maximum absolute atomic E-state index is 6.76. The Morgan fingerprint density at radius 2 is 1.09 bits per heavy atom. The molecule has 43 heavy (non-hydrogen) atoms. The van der Waals surface area contributed by atoms with Crippen LogP contribution in [0.15, 0.2) is 133 Å². The van der Waals surface area contributed by atoms with Crippen LogP contribution in [-0.4, -0.2) is 37.0 Å². The first-order valence-electron chi connectivity index (χ1n) is 15.1. The lowest BCUT2D eigenvalue weighted by Gasteiger charge is -2.42. The molecule has 5 aromatic rings. The van der Waals surface area contributed by atoms with Crippen LogP contribution in [0.2, 0.25) is 0 Å². The molecule has 0 bridgehead atoms. The smallest absolute Gasteiger partial charge is 0.0995 e. The highest BCUT2D eigenvalue weighted by molar-refractivity contribution is 5.82. The van der Waals surface area contributed by atoms with Crippen molar-refractivity contribution in [3.63, 3.8) is 0 Å². The normalized spacial score (nSPS) is 19.0. The lowest BCUT2D eigenvalue weighted by atomic mass is 9.93. The molecule has 5 nitrogen and oxygen atoms in total. The van der Waals surface area contributed by atoms with Gasteiger partial charge in [0.2, 0.25) is 0 Å². The summed E-state index contributed by atoms with van der Waals surface area (Å²) in [5, 5.41) is 4.48. The molecule has 220 valence electrons. The largest absolute Gasteiger partial charge is 0.376 e. The first-order chi connectivity index (χ1) is 21.3. The fraction of sp³-hybridized carbons (Fsp3) is 0.263. The third-order valence-electron chi connectivity index (χ3n) is 7.92. The van der Waals surface area contributed by atoms with Crippen LogP contribution >= 0.6 is 0 Å². The van der Waals surface area contributed by atoms with Gasteiger partial charge in [-0.15, -0.1) is 0 Å². The summed E-state index contributed by atoms with van der Waals surface area (Å²) in [6.07, 6.45) is -0.363. The monoisotopic (exact) mass is 573 g/mol. The van der Waals surface area contributed by atoms with Gasteiger partial charge in [-0.25, -0.2) is 0 Å². The lowest BCUT2D eigenvalue weighted by Crippen LogP contribution is -2.55. The molecule has 5 aromatic carbocycles. The number of rotatable bonds is 13. The summed E-state index contributed by atoms with van der Waals surface area (Å²) in [5.41, 5.74) is 4.57. The zero-order chi connectivity index (χ0) is 29.1. The van der Waals surface area contributed by atoms with Gasteiger partial charge >= 0.3 is 0 Å². The number of hydrogen-bond donors (Lipinski definition) is 0. The zero-order valence-corrected chi connectivity index (χ0v) is 24.5. The van der Waals surface area contributed by atoms with E-state index in [1.165, 1.54) is 10.8 Å². The van der Waals surface area contributed by atoms with Crippen LogP contribution < -0.4 is 0 Å². The summed E-state index contributed by atoms with van der Waals surface area (Å²) in [7, 11) is 0. The fourth-order valence-corrected chi connectivity index (χ4v) is 5.63. The third kappa shape index (κ3) is 8.38. The van der Waals surface area contributed by atoms with E-state index in [4.69, 9.17) is 19.0 Å². The van der Waals surface area contributed by atoms with Crippen molar-refractivity contribution < 1.29 is 19.0 Å². The molecular formula is C38H39NO4. The second-order valence-corrected chi connectivity index (χ2v) is 11.2. The summed E-state index contributed by atoms with van der Waals surface area (Å²) < 4.78 is 19.7. The molecule has 0 unspecified atom stereocenters. The molecule has 0 amide bonds. The highest BCUT2D eigenvalue weighted by Crippen LogP contribution is 2.27. The van der Waals surface area contributed by atoms with Gasteiger partial charge in [-0.1, -0.05) is 127 Å². The van der Waals surface area contributed by atoms with E-state index in [1.807, 2.05) is 59.7 Å². The molecule has 1 heterocycles. The molecule has 0 saturated carbocycles. The van der Waals surface area contributed by atoms with E-state index < -0.39 is 0 Å². The van der Waals surface area contributed by atoms with E-state index in [9.17, 15) is 0 Å². The standard InChI is InChI=1S/C38H39NO4/c1-4-12-30(13-5-1)25-40-29-36-23-39(43-28-32-16-8-3-9-17-32)24-37(41-26-31-14-6-2-7-15-31)38(36)42-27-33-20-21-34-18-10-11-19-35(34)22-33/h1-22,36-38H,23-29H2/t36-,37-,38-/m1/s1. The van der Waals surface area contributed by atoms with Crippen molar-refractivity contribution in [1.29, 1.82) is 0 Å². The molecule has 0 N–H and O–H groups in total. The van der Waals surface area contributed by atoms with Gasteiger partial charge in [-0.2, -0.15) is 5.06 Å². The van der Waals surface area contributed by atoms with E-state index in [2.05, 4.69) is 78.9 Å². The van der Waals surface area contributed by atoms with Crippen LogP contribution in [0.4, 0.5) is 0 Å². The third-order valence-corrected chi connectivity index (χ3v) is 7.92. The highest BCUT2D eigenvalue weighted by atomic mass is 16.7. The average Bonchev–Trinajstić information content (AvgIpc) is 3.07. The Hall–Kier alpha value is -3.84. The Balaban J connectivity index is 1.20. The number of benzene rings is 5. The van der Waals surface area contributed by atoms with Crippen LogP contribution in [0.25, 0.3) is 10.8 Å². The molecule has 0 radical (unpaired) electrons. The lowest BCUT2D eigenvalue weighted by molar-refractivity contribution is -0.250. The van der Waals surface area contributed by atoms with Crippen LogP contribution in [0.5, 0.6) is 0 Å². The van der Waals surface area contributed by atoms with Gasteiger partial charge in [0.25, 0.3) is 0 Å². The second kappa shape index (κ2) is 15.1. The van der Waals surface area contributed by atoms with Gasteiger partial charge in [0.1, 0.15) is 0 Å². The van der Waals surface area contributed by atoms with E-state index in [0.29, 0.717) is 46.1 Å². The number of hydroxylamine groups is 2. The van der Waals surface area contributed by atoms with E-state index in [1.54, 1.807) is 0 Å². The van der Waals surface area contributed by atoms with E-state index in [-0.39, 0.29) is 18.1 Å². The number of nitrogens with zero attached hydrogens (tertiary/aromatic N) is 1. The topological polar surface area (TPSA) is 40.2 Å². The predicted molar refractivity (Wildman–Crippen MR) is 170 cm³/mol. The van der Waals surface area contributed by atoms with Crippen molar-refractivity contribution in [2.24, 2.45) is 5.92 Å². The first kappa shape index (κ1) is 29.2. The summed E-state index contributed by atoms with van der Waals surface area (Å²) in [6.45, 7) is 3.90. The molecule has 1 saturated heterocycles. The van der Waals surface area contributed by atoms with Crippen LogP contribution in [0, 0.1) is 5.92 Å². The Morgan fingerprint density at radius 3 is 1.79 bits per heavy atom. The van der Waals surface area contributed by atoms with Crippen LogP contribution in [0.1, 0.15) is 22.3 Å². The van der Waals surface area contributed by atoms with Crippen molar-refractivity contribution in [2.75, 3.05) is 19.7 Å². The van der Waals surface area contributed by atoms with E-state index >= 15 is 0 Å². The van der Waals surface area contributed by atoms with Crippen molar-refractivity contribution in [1.82, 2.24) is 5.06 Å². The maximum Gasteiger partial charge on any atom is 0.0995 e. The molecule has 1 fully saturated rings. The molecular weight excluding hydrogens is 534 g/mol. The fourth-order valence-electron chi connectivity index (χ4n) is 5.63. The van der Waals surface area contributed by atoms with Crippen molar-refractivity contribution in [3.8, 4) is 0 Å². The Labute approximate surface area is 254 Å². The van der Waals surface area contributed by atoms with Crippen molar-refractivity contribution in [3.05, 3.63) is 156 Å². The van der Waals surface area contributed by atoms with Crippen molar-refractivity contribution in [2.45, 2.75) is 38.6 Å². The summed E-state index contributed by atoms with van der Waals surface area (Å²) >= 11 is 0. The van der Waals surface area contributed by atoms with Gasteiger partial charge < -0.3 is 14.2 Å². The predicted octanol–water partition coefficient (Wildman–Crippen LogP) is 7.59.